The number of amides is 1. The molecule has 0 fully saturated rings. The Balaban J connectivity index is 1.49. The third kappa shape index (κ3) is 5.00. The minimum absolute atomic E-state index is 0.0369. The molecule has 34 heavy (non-hydrogen) atoms. The van der Waals surface area contributed by atoms with E-state index in [4.69, 9.17) is 14.5 Å². The summed E-state index contributed by atoms with van der Waals surface area (Å²) in [6, 6.07) is 5.53. The van der Waals surface area contributed by atoms with Crippen molar-refractivity contribution in [2.75, 3.05) is 20.0 Å². The van der Waals surface area contributed by atoms with Gasteiger partial charge >= 0.3 is 0 Å². The van der Waals surface area contributed by atoms with Gasteiger partial charge in [0.1, 0.15) is 4.83 Å². The molecule has 0 aliphatic heterocycles. The van der Waals surface area contributed by atoms with E-state index in [1.165, 1.54) is 16.6 Å². The van der Waals surface area contributed by atoms with Gasteiger partial charge in [-0.3, -0.25) is 14.2 Å². The standard InChI is InChI=1S/C25H29N3O4S2/c1-5-10-28-24(30)22-17-8-6-15(2)11-20(17)34-23(22)27-25(28)33-14-21(29)26-13-16-7-9-18(31-3)19(12-16)32-4/h5,7,9,12,15H,1,6,8,10-11,13-14H2,2-4H3,(H,26,29). The first-order chi connectivity index (χ1) is 16.4. The van der Waals surface area contributed by atoms with Gasteiger partial charge in [0.15, 0.2) is 16.7 Å². The predicted molar refractivity (Wildman–Crippen MR) is 137 cm³/mol. The van der Waals surface area contributed by atoms with Crippen molar-refractivity contribution in [1.82, 2.24) is 14.9 Å². The first-order valence-corrected chi connectivity index (χ1v) is 13.0. The number of carbonyl (C=O) groups is 1. The molecule has 1 amide bonds. The average molecular weight is 500 g/mol. The lowest BCUT2D eigenvalue weighted by molar-refractivity contribution is -0.118. The number of carbonyl (C=O) groups excluding carboxylic acids is 1. The van der Waals surface area contributed by atoms with Gasteiger partial charge < -0.3 is 14.8 Å². The maximum absolute atomic E-state index is 13.4. The van der Waals surface area contributed by atoms with E-state index in [0.717, 1.165) is 40.6 Å². The molecule has 0 bridgehead atoms. The van der Waals surface area contributed by atoms with Crippen LogP contribution >= 0.6 is 23.1 Å². The molecule has 1 aromatic carbocycles. The van der Waals surface area contributed by atoms with Crippen LogP contribution in [0.5, 0.6) is 11.5 Å². The van der Waals surface area contributed by atoms with Gasteiger partial charge in [-0.25, -0.2) is 4.98 Å². The van der Waals surface area contributed by atoms with Crippen LogP contribution in [0.3, 0.4) is 0 Å². The number of fused-ring (bicyclic) bond motifs is 3. The van der Waals surface area contributed by atoms with Crippen molar-refractivity contribution in [3.63, 3.8) is 0 Å². The van der Waals surface area contributed by atoms with Crippen LogP contribution < -0.4 is 20.3 Å². The van der Waals surface area contributed by atoms with E-state index in [0.29, 0.717) is 35.7 Å². The van der Waals surface area contributed by atoms with Crippen LogP contribution in [0.15, 0.2) is 40.8 Å². The van der Waals surface area contributed by atoms with Gasteiger partial charge in [-0.05, 0) is 48.4 Å². The van der Waals surface area contributed by atoms with Crippen molar-refractivity contribution in [2.24, 2.45) is 5.92 Å². The number of thiophene rings is 1. The highest BCUT2D eigenvalue weighted by molar-refractivity contribution is 7.99. The molecule has 0 radical (unpaired) electrons. The number of aryl methyl sites for hydroxylation is 1. The fourth-order valence-corrected chi connectivity index (χ4v) is 6.44. The van der Waals surface area contributed by atoms with E-state index >= 15 is 0 Å². The maximum Gasteiger partial charge on any atom is 0.263 e. The van der Waals surface area contributed by atoms with Gasteiger partial charge in [0.05, 0.1) is 25.4 Å². The molecule has 0 saturated heterocycles. The van der Waals surface area contributed by atoms with Crippen molar-refractivity contribution in [3.8, 4) is 11.5 Å². The molecular formula is C25H29N3O4S2. The molecule has 1 N–H and O–H groups in total. The highest BCUT2D eigenvalue weighted by Gasteiger charge is 2.24. The maximum atomic E-state index is 13.4. The zero-order chi connectivity index (χ0) is 24.2. The summed E-state index contributed by atoms with van der Waals surface area (Å²) in [5, 5.41) is 4.21. The normalized spacial score (nSPS) is 15.1. The molecule has 1 aliphatic rings. The monoisotopic (exact) mass is 499 g/mol. The van der Waals surface area contributed by atoms with E-state index < -0.39 is 0 Å². The highest BCUT2D eigenvalue weighted by Crippen LogP contribution is 2.36. The number of rotatable bonds is 9. The molecule has 180 valence electrons. The predicted octanol–water partition coefficient (Wildman–Crippen LogP) is 4.19. The van der Waals surface area contributed by atoms with Crippen LogP contribution in [0.4, 0.5) is 0 Å². The van der Waals surface area contributed by atoms with E-state index in [1.807, 2.05) is 18.2 Å². The van der Waals surface area contributed by atoms with E-state index in [1.54, 1.807) is 36.2 Å². The third-order valence-electron chi connectivity index (χ3n) is 5.96. The van der Waals surface area contributed by atoms with Crippen LogP contribution in [-0.2, 0) is 30.7 Å². The molecule has 4 rings (SSSR count). The second-order valence-corrected chi connectivity index (χ2v) is 10.4. The smallest absolute Gasteiger partial charge is 0.263 e. The first-order valence-electron chi connectivity index (χ1n) is 11.2. The zero-order valence-electron chi connectivity index (χ0n) is 19.7. The number of benzene rings is 1. The molecule has 0 spiro atoms. The van der Waals surface area contributed by atoms with Crippen LogP contribution in [0.1, 0.15) is 29.3 Å². The Labute approximate surface area is 207 Å². The summed E-state index contributed by atoms with van der Waals surface area (Å²) in [6.45, 7) is 6.77. The summed E-state index contributed by atoms with van der Waals surface area (Å²) < 4.78 is 12.2. The number of hydrogen-bond donors (Lipinski definition) is 1. The Hall–Kier alpha value is -2.78. The van der Waals surface area contributed by atoms with Crippen LogP contribution in [0, 0.1) is 5.92 Å². The largest absolute Gasteiger partial charge is 0.493 e. The number of nitrogens with zero attached hydrogens (tertiary/aromatic N) is 2. The quantitative estimate of drug-likeness (QED) is 0.270. The fraction of sp³-hybridized carbons (Fsp3) is 0.400. The Morgan fingerprint density at radius 1 is 1.35 bits per heavy atom. The summed E-state index contributed by atoms with van der Waals surface area (Å²) in [7, 11) is 3.16. The van der Waals surface area contributed by atoms with Crippen molar-refractivity contribution < 1.29 is 14.3 Å². The van der Waals surface area contributed by atoms with Gasteiger partial charge in [-0.2, -0.15) is 0 Å². The van der Waals surface area contributed by atoms with Gasteiger partial charge in [0.25, 0.3) is 5.56 Å². The number of aromatic nitrogens is 2. The molecule has 1 atom stereocenters. The number of hydrogen-bond acceptors (Lipinski definition) is 7. The minimum Gasteiger partial charge on any atom is -0.493 e. The lowest BCUT2D eigenvalue weighted by Crippen LogP contribution is -2.26. The van der Waals surface area contributed by atoms with Crippen LogP contribution in [-0.4, -0.2) is 35.4 Å². The molecule has 9 heteroatoms. The number of methoxy groups -OCH3 is 2. The minimum atomic E-state index is -0.140. The Kier molecular flexibility index (Phi) is 7.63. The Bertz CT molecular complexity index is 1280. The van der Waals surface area contributed by atoms with Gasteiger partial charge in [-0.1, -0.05) is 30.8 Å². The van der Waals surface area contributed by atoms with Crippen molar-refractivity contribution >= 4 is 39.2 Å². The molecule has 2 aromatic heterocycles. The number of allylic oxidation sites excluding steroid dienone is 1. The second-order valence-electron chi connectivity index (χ2n) is 8.39. The third-order valence-corrected chi connectivity index (χ3v) is 8.09. The summed E-state index contributed by atoms with van der Waals surface area (Å²) >= 11 is 2.89. The molecule has 0 saturated carbocycles. The van der Waals surface area contributed by atoms with Crippen molar-refractivity contribution in [3.05, 3.63) is 57.2 Å². The molecule has 3 aromatic rings. The lowest BCUT2D eigenvalue weighted by Gasteiger charge is -2.17. The SMILES string of the molecule is C=CCn1c(SCC(=O)NCc2ccc(OC)c(OC)c2)nc2sc3c(c2c1=O)CCC(C)C3. The van der Waals surface area contributed by atoms with Gasteiger partial charge in [-0.15, -0.1) is 17.9 Å². The Morgan fingerprint density at radius 3 is 2.88 bits per heavy atom. The number of nitrogens with one attached hydrogen (secondary N) is 1. The number of thioether (sulfide) groups is 1. The number of ether oxygens (including phenoxy) is 2. The average Bonchev–Trinajstić information content (AvgIpc) is 3.20. The first kappa shape index (κ1) is 24.3. The summed E-state index contributed by atoms with van der Waals surface area (Å²) in [5.74, 6) is 1.89. The van der Waals surface area contributed by atoms with Crippen molar-refractivity contribution in [1.29, 1.82) is 0 Å². The molecule has 7 nitrogen and oxygen atoms in total. The highest BCUT2D eigenvalue weighted by atomic mass is 32.2. The van der Waals surface area contributed by atoms with E-state index in [-0.39, 0.29) is 17.2 Å². The molecule has 1 aliphatic carbocycles. The van der Waals surface area contributed by atoms with E-state index in [9.17, 15) is 9.59 Å². The van der Waals surface area contributed by atoms with Crippen LogP contribution in [0.2, 0.25) is 0 Å². The van der Waals surface area contributed by atoms with Gasteiger partial charge in [0.2, 0.25) is 5.91 Å². The van der Waals surface area contributed by atoms with Gasteiger partial charge in [0, 0.05) is 18.0 Å². The topological polar surface area (TPSA) is 82.5 Å². The second kappa shape index (κ2) is 10.7. The van der Waals surface area contributed by atoms with Crippen molar-refractivity contribution in [2.45, 2.75) is 44.4 Å². The summed E-state index contributed by atoms with van der Waals surface area (Å²) in [5.41, 5.74) is 2.03. The molecule has 2 heterocycles. The fourth-order valence-electron chi connectivity index (χ4n) is 4.18. The lowest BCUT2D eigenvalue weighted by atomic mass is 9.89. The summed E-state index contributed by atoms with van der Waals surface area (Å²) in [6.07, 6.45) is 4.71. The molecular weight excluding hydrogens is 470 g/mol. The Morgan fingerprint density at radius 2 is 2.15 bits per heavy atom. The molecule has 1 unspecified atom stereocenters. The zero-order valence-corrected chi connectivity index (χ0v) is 21.3. The van der Waals surface area contributed by atoms with E-state index in [2.05, 4.69) is 18.8 Å². The summed E-state index contributed by atoms with van der Waals surface area (Å²) in [4.78, 5) is 32.8. The van der Waals surface area contributed by atoms with Crippen LogP contribution in [0.25, 0.3) is 10.2 Å².